The van der Waals surface area contributed by atoms with E-state index in [2.05, 4.69) is 36.5 Å². The molecule has 0 spiro atoms. The van der Waals surface area contributed by atoms with E-state index in [1.54, 1.807) is 0 Å². The standard InChI is InChI=1S/C20H30N2O3/c1-16-4-2-3-5-18(16)20(8-12-25-13-9-20)15-21-19(24)22-10-6-17(14-23)7-11-22/h2-5,17,23H,6-15H2,1H3,(H,21,24). The van der Waals surface area contributed by atoms with E-state index in [1.807, 2.05) is 4.90 Å². The number of piperidine rings is 1. The van der Waals surface area contributed by atoms with Crippen molar-refractivity contribution in [3.05, 3.63) is 35.4 Å². The van der Waals surface area contributed by atoms with Gasteiger partial charge in [-0.15, -0.1) is 0 Å². The third-order valence-electron chi connectivity index (χ3n) is 5.90. The Bertz CT molecular complexity index is 576. The number of nitrogens with zero attached hydrogens (tertiary/aromatic N) is 1. The van der Waals surface area contributed by atoms with Gasteiger partial charge in [0, 0.05) is 44.9 Å². The van der Waals surface area contributed by atoms with Crippen LogP contribution < -0.4 is 5.32 Å². The molecule has 2 aliphatic rings. The van der Waals surface area contributed by atoms with Gasteiger partial charge in [0.05, 0.1) is 0 Å². The van der Waals surface area contributed by atoms with Crippen LogP contribution in [0.15, 0.2) is 24.3 Å². The van der Waals surface area contributed by atoms with E-state index in [1.165, 1.54) is 11.1 Å². The minimum Gasteiger partial charge on any atom is -0.396 e. The summed E-state index contributed by atoms with van der Waals surface area (Å²) >= 11 is 0. The van der Waals surface area contributed by atoms with Crippen molar-refractivity contribution in [2.45, 2.75) is 38.0 Å². The van der Waals surface area contributed by atoms with E-state index in [-0.39, 0.29) is 18.1 Å². The second-order valence-corrected chi connectivity index (χ2v) is 7.48. The molecule has 138 valence electrons. The van der Waals surface area contributed by atoms with Gasteiger partial charge in [0.25, 0.3) is 0 Å². The van der Waals surface area contributed by atoms with Gasteiger partial charge in [-0.2, -0.15) is 0 Å². The van der Waals surface area contributed by atoms with Crippen molar-refractivity contribution in [1.29, 1.82) is 0 Å². The third kappa shape index (κ3) is 4.15. The van der Waals surface area contributed by atoms with Gasteiger partial charge in [-0.3, -0.25) is 0 Å². The number of carbonyl (C=O) groups is 1. The zero-order valence-electron chi connectivity index (χ0n) is 15.2. The number of benzene rings is 1. The van der Waals surface area contributed by atoms with E-state index < -0.39 is 0 Å². The average Bonchev–Trinajstić information content (AvgIpc) is 2.67. The second-order valence-electron chi connectivity index (χ2n) is 7.48. The van der Waals surface area contributed by atoms with Crippen LogP contribution in [0.25, 0.3) is 0 Å². The van der Waals surface area contributed by atoms with Crippen molar-refractivity contribution < 1.29 is 14.6 Å². The summed E-state index contributed by atoms with van der Waals surface area (Å²) in [6.07, 6.45) is 3.65. The largest absolute Gasteiger partial charge is 0.396 e. The molecule has 1 aromatic rings. The van der Waals surface area contributed by atoms with Crippen LogP contribution in [0.2, 0.25) is 0 Å². The quantitative estimate of drug-likeness (QED) is 0.880. The molecule has 0 aromatic heterocycles. The number of rotatable bonds is 4. The molecule has 2 saturated heterocycles. The first kappa shape index (κ1) is 18.2. The number of aryl methyl sites for hydroxylation is 1. The fraction of sp³-hybridized carbons (Fsp3) is 0.650. The van der Waals surface area contributed by atoms with E-state index in [9.17, 15) is 9.90 Å². The van der Waals surface area contributed by atoms with E-state index in [0.29, 0.717) is 12.5 Å². The number of aliphatic hydroxyl groups is 1. The molecule has 0 aliphatic carbocycles. The fourth-order valence-electron chi connectivity index (χ4n) is 4.15. The van der Waals surface area contributed by atoms with Crippen LogP contribution in [0.5, 0.6) is 0 Å². The molecule has 25 heavy (non-hydrogen) atoms. The highest BCUT2D eigenvalue weighted by atomic mass is 16.5. The maximum Gasteiger partial charge on any atom is 0.317 e. The molecule has 3 rings (SSSR count). The molecule has 0 bridgehead atoms. The lowest BCUT2D eigenvalue weighted by molar-refractivity contribution is 0.0496. The maximum absolute atomic E-state index is 12.6. The normalized spacial score (nSPS) is 21.1. The molecule has 5 nitrogen and oxygen atoms in total. The average molecular weight is 346 g/mol. The topological polar surface area (TPSA) is 61.8 Å². The number of urea groups is 1. The number of nitrogens with one attached hydrogen (secondary N) is 1. The lowest BCUT2D eigenvalue weighted by Gasteiger charge is -2.40. The zero-order valence-corrected chi connectivity index (χ0v) is 15.2. The summed E-state index contributed by atoms with van der Waals surface area (Å²) in [5.41, 5.74) is 2.57. The lowest BCUT2D eigenvalue weighted by atomic mass is 9.72. The molecular weight excluding hydrogens is 316 g/mol. The van der Waals surface area contributed by atoms with Crippen molar-refractivity contribution in [2.75, 3.05) is 39.5 Å². The summed E-state index contributed by atoms with van der Waals surface area (Å²) in [6.45, 7) is 5.98. The van der Waals surface area contributed by atoms with Crippen molar-refractivity contribution in [2.24, 2.45) is 5.92 Å². The van der Waals surface area contributed by atoms with Crippen molar-refractivity contribution in [3.8, 4) is 0 Å². The SMILES string of the molecule is Cc1ccccc1C1(CNC(=O)N2CCC(CO)CC2)CCOCC1. The van der Waals surface area contributed by atoms with Gasteiger partial charge in [-0.25, -0.2) is 4.79 Å². The predicted molar refractivity (Wildman–Crippen MR) is 97.7 cm³/mol. The zero-order chi connectivity index (χ0) is 17.7. The van der Waals surface area contributed by atoms with Crippen LogP contribution in [-0.4, -0.2) is 55.5 Å². The van der Waals surface area contributed by atoms with Gasteiger partial charge in [0.2, 0.25) is 0 Å². The van der Waals surface area contributed by atoms with Crippen molar-refractivity contribution in [3.63, 3.8) is 0 Å². The van der Waals surface area contributed by atoms with Gasteiger partial charge in [-0.05, 0) is 49.7 Å². The Morgan fingerprint density at radius 1 is 1.28 bits per heavy atom. The molecule has 2 heterocycles. The fourth-order valence-corrected chi connectivity index (χ4v) is 4.15. The smallest absolute Gasteiger partial charge is 0.317 e. The summed E-state index contributed by atoms with van der Waals surface area (Å²) in [5, 5.41) is 12.4. The summed E-state index contributed by atoms with van der Waals surface area (Å²) in [4.78, 5) is 14.5. The summed E-state index contributed by atoms with van der Waals surface area (Å²) in [5.74, 6) is 0.345. The molecule has 0 radical (unpaired) electrons. The third-order valence-corrected chi connectivity index (χ3v) is 5.90. The summed E-state index contributed by atoms with van der Waals surface area (Å²) in [7, 11) is 0. The molecule has 0 unspecified atom stereocenters. The Kier molecular flexibility index (Phi) is 5.97. The first-order chi connectivity index (χ1) is 12.1. The van der Waals surface area contributed by atoms with Crippen LogP contribution in [0.3, 0.4) is 0 Å². The number of amides is 2. The highest BCUT2D eigenvalue weighted by Crippen LogP contribution is 2.36. The van der Waals surface area contributed by atoms with Crippen LogP contribution >= 0.6 is 0 Å². The Hall–Kier alpha value is -1.59. The van der Waals surface area contributed by atoms with Crippen LogP contribution in [0.4, 0.5) is 4.79 Å². The molecule has 1 aromatic carbocycles. The Labute approximate surface area is 150 Å². The number of likely N-dealkylation sites (tertiary alicyclic amines) is 1. The Morgan fingerprint density at radius 2 is 1.96 bits per heavy atom. The van der Waals surface area contributed by atoms with Crippen LogP contribution in [-0.2, 0) is 10.2 Å². The highest BCUT2D eigenvalue weighted by molar-refractivity contribution is 5.74. The number of carbonyl (C=O) groups excluding carboxylic acids is 1. The molecule has 0 saturated carbocycles. The van der Waals surface area contributed by atoms with Gasteiger partial charge >= 0.3 is 6.03 Å². The van der Waals surface area contributed by atoms with E-state index in [4.69, 9.17) is 4.74 Å². The van der Waals surface area contributed by atoms with Gasteiger partial charge < -0.3 is 20.1 Å². The minimum absolute atomic E-state index is 0.0239. The molecular formula is C20H30N2O3. The lowest BCUT2D eigenvalue weighted by Crippen LogP contribution is -2.50. The molecule has 5 heteroatoms. The minimum atomic E-state index is -0.0390. The molecule has 0 atom stereocenters. The van der Waals surface area contributed by atoms with E-state index in [0.717, 1.165) is 52.0 Å². The number of hydrogen-bond donors (Lipinski definition) is 2. The van der Waals surface area contributed by atoms with Crippen molar-refractivity contribution >= 4 is 6.03 Å². The van der Waals surface area contributed by atoms with Crippen LogP contribution in [0.1, 0.15) is 36.8 Å². The first-order valence-electron chi connectivity index (χ1n) is 9.42. The first-order valence-corrected chi connectivity index (χ1v) is 9.42. The van der Waals surface area contributed by atoms with Gasteiger partial charge in [0.15, 0.2) is 0 Å². The Balaban J connectivity index is 1.66. The van der Waals surface area contributed by atoms with E-state index >= 15 is 0 Å². The predicted octanol–water partition coefficient (Wildman–Crippen LogP) is 2.46. The monoisotopic (exact) mass is 346 g/mol. The highest BCUT2D eigenvalue weighted by Gasteiger charge is 2.36. The number of aliphatic hydroxyl groups excluding tert-OH is 1. The number of ether oxygens (including phenoxy) is 1. The van der Waals surface area contributed by atoms with Crippen molar-refractivity contribution in [1.82, 2.24) is 10.2 Å². The van der Waals surface area contributed by atoms with Crippen LogP contribution in [0, 0.1) is 12.8 Å². The van der Waals surface area contributed by atoms with Gasteiger partial charge in [-0.1, -0.05) is 24.3 Å². The van der Waals surface area contributed by atoms with Gasteiger partial charge in [0.1, 0.15) is 0 Å². The molecule has 2 fully saturated rings. The Morgan fingerprint density at radius 3 is 2.60 bits per heavy atom. The second kappa shape index (κ2) is 8.19. The molecule has 2 N–H and O–H groups in total. The maximum atomic E-state index is 12.6. The number of hydrogen-bond acceptors (Lipinski definition) is 3. The molecule has 2 aliphatic heterocycles. The molecule has 2 amide bonds. The summed E-state index contributed by atoms with van der Waals surface area (Å²) < 4.78 is 5.59. The summed E-state index contributed by atoms with van der Waals surface area (Å²) in [6, 6.07) is 8.51.